The smallest absolute Gasteiger partial charge is 0.269 e. The van der Waals surface area contributed by atoms with Crippen LogP contribution >= 0.6 is 22.9 Å². The lowest BCUT2D eigenvalue weighted by molar-refractivity contribution is 0.340. The molecule has 0 bridgehead atoms. The van der Waals surface area contributed by atoms with Crippen LogP contribution in [0.5, 0.6) is 17.2 Å². The zero-order chi connectivity index (χ0) is 17.1. The van der Waals surface area contributed by atoms with Crippen LogP contribution in [0.4, 0.5) is 0 Å². The van der Waals surface area contributed by atoms with Gasteiger partial charge in [0.25, 0.3) is 5.89 Å². The van der Waals surface area contributed by atoms with Crippen molar-refractivity contribution in [2.75, 3.05) is 14.2 Å². The first kappa shape index (κ1) is 16.4. The lowest BCUT2D eigenvalue weighted by atomic mass is 10.1. The van der Waals surface area contributed by atoms with Crippen LogP contribution < -0.4 is 9.47 Å². The van der Waals surface area contributed by atoms with Crippen LogP contribution in [0.3, 0.4) is 0 Å². The van der Waals surface area contributed by atoms with E-state index >= 15 is 0 Å². The molecule has 2 heterocycles. The molecule has 0 unspecified atom stereocenters. The second-order valence-corrected chi connectivity index (χ2v) is 6.02. The van der Waals surface area contributed by atoms with Gasteiger partial charge in [-0.2, -0.15) is 4.98 Å². The topological polar surface area (TPSA) is 77.6 Å². The van der Waals surface area contributed by atoms with Gasteiger partial charge in [-0.15, -0.1) is 11.3 Å². The summed E-state index contributed by atoms with van der Waals surface area (Å²) in [7, 11) is 2.91. The molecule has 0 saturated heterocycles. The Morgan fingerprint density at radius 2 is 2.00 bits per heavy atom. The Kier molecular flexibility index (Phi) is 4.73. The van der Waals surface area contributed by atoms with Gasteiger partial charge in [0.1, 0.15) is 5.03 Å². The Morgan fingerprint density at radius 1 is 1.29 bits per heavy atom. The molecule has 0 radical (unpaired) electrons. The molecule has 2 aromatic heterocycles. The number of aromatic hydroxyl groups is 1. The molecule has 8 heteroatoms. The van der Waals surface area contributed by atoms with Crippen LogP contribution in [-0.2, 0) is 0 Å². The minimum Gasteiger partial charge on any atom is -0.502 e. The van der Waals surface area contributed by atoms with Gasteiger partial charge in [0.05, 0.1) is 19.1 Å². The zero-order valence-electron chi connectivity index (χ0n) is 12.8. The van der Waals surface area contributed by atoms with Crippen LogP contribution in [0.25, 0.3) is 21.8 Å². The molecule has 0 aliphatic carbocycles. The number of halogens is 1. The number of thiophene rings is 1. The molecule has 0 spiro atoms. The highest BCUT2D eigenvalue weighted by atomic mass is 35.5. The van der Waals surface area contributed by atoms with Gasteiger partial charge in [-0.1, -0.05) is 22.8 Å². The maximum Gasteiger partial charge on any atom is 0.269 e. The van der Waals surface area contributed by atoms with Gasteiger partial charge in [0, 0.05) is 0 Å². The molecule has 0 aliphatic rings. The maximum atomic E-state index is 9.93. The zero-order valence-corrected chi connectivity index (χ0v) is 14.4. The molecule has 0 fully saturated rings. The first-order chi connectivity index (χ1) is 11.6. The van der Waals surface area contributed by atoms with Gasteiger partial charge in [0.15, 0.2) is 11.5 Å². The summed E-state index contributed by atoms with van der Waals surface area (Å²) in [4.78, 5) is 5.16. The molecule has 1 N–H and O–H groups in total. The molecule has 1 aromatic carbocycles. The van der Waals surface area contributed by atoms with E-state index in [0.717, 1.165) is 4.88 Å². The van der Waals surface area contributed by atoms with Crippen molar-refractivity contribution in [3.63, 3.8) is 0 Å². The van der Waals surface area contributed by atoms with E-state index in [1.807, 2.05) is 17.5 Å². The number of hydrogen-bond donors (Lipinski definition) is 1. The first-order valence-corrected chi connectivity index (χ1v) is 8.08. The van der Waals surface area contributed by atoms with E-state index < -0.39 is 0 Å². The molecule has 24 heavy (non-hydrogen) atoms. The second-order valence-electron chi connectivity index (χ2n) is 4.67. The second kappa shape index (κ2) is 6.94. The fraction of sp³-hybridized carbons (Fsp3) is 0.125. The van der Waals surface area contributed by atoms with E-state index in [4.69, 9.17) is 25.6 Å². The summed E-state index contributed by atoms with van der Waals surface area (Å²) in [6.07, 6.45) is 1.62. The lowest BCUT2D eigenvalue weighted by Crippen LogP contribution is -1.90. The van der Waals surface area contributed by atoms with Crippen molar-refractivity contribution >= 4 is 34.0 Å². The average molecular weight is 365 g/mol. The molecule has 3 aromatic rings. The van der Waals surface area contributed by atoms with Crippen molar-refractivity contribution in [3.05, 3.63) is 41.1 Å². The van der Waals surface area contributed by atoms with E-state index in [1.165, 1.54) is 25.6 Å². The summed E-state index contributed by atoms with van der Waals surface area (Å²) >= 11 is 7.78. The van der Waals surface area contributed by atoms with Crippen molar-refractivity contribution in [2.24, 2.45) is 0 Å². The Balaban J connectivity index is 1.94. The largest absolute Gasteiger partial charge is 0.502 e. The quantitative estimate of drug-likeness (QED) is 0.728. The number of hydrogen-bond acceptors (Lipinski definition) is 7. The van der Waals surface area contributed by atoms with Crippen molar-refractivity contribution < 1.29 is 19.1 Å². The van der Waals surface area contributed by atoms with Gasteiger partial charge in [0.2, 0.25) is 11.6 Å². The highest BCUT2D eigenvalue weighted by molar-refractivity contribution is 7.13. The van der Waals surface area contributed by atoms with E-state index in [0.29, 0.717) is 11.4 Å². The number of phenols is 1. The van der Waals surface area contributed by atoms with Gasteiger partial charge in [-0.05, 0) is 35.2 Å². The van der Waals surface area contributed by atoms with E-state index in [9.17, 15) is 5.11 Å². The third kappa shape index (κ3) is 3.22. The van der Waals surface area contributed by atoms with Crippen LogP contribution in [0.2, 0.25) is 0 Å². The fourth-order valence-corrected chi connectivity index (χ4v) is 2.88. The summed E-state index contributed by atoms with van der Waals surface area (Å²) in [5.74, 6) is 1.15. The molecular formula is C16H13ClN2O4S. The summed E-state index contributed by atoms with van der Waals surface area (Å²) in [6, 6.07) is 7.04. The van der Waals surface area contributed by atoms with Crippen LogP contribution in [-0.4, -0.2) is 29.5 Å². The highest BCUT2D eigenvalue weighted by Crippen LogP contribution is 2.38. The van der Waals surface area contributed by atoms with E-state index in [-0.39, 0.29) is 28.2 Å². The number of nitrogens with zero attached hydrogens (tertiary/aromatic N) is 2. The predicted molar refractivity (Wildman–Crippen MR) is 92.5 cm³/mol. The molecule has 0 atom stereocenters. The first-order valence-electron chi connectivity index (χ1n) is 6.82. The molecular weight excluding hydrogens is 352 g/mol. The maximum absolute atomic E-state index is 9.93. The number of methoxy groups -OCH3 is 2. The molecule has 6 nitrogen and oxygen atoms in total. The molecule has 124 valence electrons. The van der Waals surface area contributed by atoms with Crippen LogP contribution in [0, 0.1) is 0 Å². The van der Waals surface area contributed by atoms with E-state index in [2.05, 4.69) is 10.1 Å². The minimum absolute atomic E-state index is 0.0777. The normalized spacial score (nSPS) is 11.5. The van der Waals surface area contributed by atoms with Crippen molar-refractivity contribution in [1.29, 1.82) is 0 Å². The lowest BCUT2D eigenvalue weighted by Gasteiger charge is -2.09. The Morgan fingerprint density at radius 3 is 2.58 bits per heavy atom. The van der Waals surface area contributed by atoms with Crippen molar-refractivity contribution in [3.8, 4) is 28.0 Å². The van der Waals surface area contributed by atoms with Crippen molar-refractivity contribution in [1.82, 2.24) is 10.1 Å². The fourth-order valence-electron chi connectivity index (χ4n) is 2.03. The number of ether oxygens (including phenoxy) is 2. The number of phenolic OH excluding ortho intramolecular Hbond substituents is 1. The van der Waals surface area contributed by atoms with Crippen LogP contribution in [0.15, 0.2) is 34.2 Å². The molecule has 0 saturated carbocycles. The van der Waals surface area contributed by atoms with Gasteiger partial charge >= 0.3 is 0 Å². The molecule has 0 aliphatic heterocycles. The highest BCUT2D eigenvalue weighted by Gasteiger charge is 2.14. The monoisotopic (exact) mass is 364 g/mol. The molecule has 0 amide bonds. The van der Waals surface area contributed by atoms with Gasteiger partial charge in [-0.25, -0.2) is 0 Å². The number of benzene rings is 1. The predicted octanol–water partition coefficient (Wildman–Crippen LogP) is 4.26. The standard InChI is InChI=1S/C16H13ClN2O4S/c1-21-11-7-9(8-12(22-2)14(11)20)6-10(17)16-18-15(19-23-16)13-4-3-5-24-13/h3-8,20H,1-2H3/b10-6-. The number of aromatic nitrogens is 2. The molecule has 3 rings (SSSR count). The summed E-state index contributed by atoms with van der Waals surface area (Å²) in [5.41, 5.74) is 0.655. The van der Waals surface area contributed by atoms with Crippen LogP contribution in [0.1, 0.15) is 11.5 Å². The van der Waals surface area contributed by atoms with E-state index in [1.54, 1.807) is 18.2 Å². The summed E-state index contributed by atoms with van der Waals surface area (Å²) < 4.78 is 15.4. The van der Waals surface area contributed by atoms with Gasteiger partial charge < -0.3 is 19.1 Å². The average Bonchev–Trinajstić information content (AvgIpc) is 3.27. The summed E-state index contributed by atoms with van der Waals surface area (Å²) in [5, 5.41) is 16.0. The van der Waals surface area contributed by atoms with Gasteiger partial charge in [-0.3, -0.25) is 0 Å². The summed E-state index contributed by atoms with van der Waals surface area (Å²) in [6.45, 7) is 0. The Bertz CT molecular complexity index is 849. The SMILES string of the molecule is COc1cc(/C=C(\Cl)c2nc(-c3cccs3)no2)cc(OC)c1O. The Hall–Kier alpha value is -2.51. The number of rotatable bonds is 5. The third-order valence-electron chi connectivity index (χ3n) is 3.17. The minimum atomic E-state index is -0.0777. The van der Waals surface area contributed by atoms with Crippen molar-refractivity contribution in [2.45, 2.75) is 0 Å². The third-order valence-corrected chi connectivity index (χ3v) is 4.30. The Labute approximate surface area is 146 Å².